The second-order valence-corrected chi connectivity index (χ2v) is 11.6. The molecule has 0 fully saturated rings. The van der Waals surface area contributed by atoms with Crippen molar-refractivity contribution in [2.24, 2.45) is 11.3 Å². The van der Waals surface area contributed by atoms with E-state index < -0.39 is 5.97 Å². The van der Waals surface area contributed by atoms with Gasteiger partial charge in [0, 0.05) is 33.7 Å². The Hall–Kier alpha value is -3.93. The molecule has 0 unspecified atom stereocenters. The zero-order valence-corrected chi connectivity index (χ0v) is 23.6. The van der Waals surface area contributed by atoms with Gasteiger partial charge in [-0.3, -0.25) is 9.78 Å². The van der Waals surface area contributed by atoms with Crippen molar-refractivity contribution in [2.75, 3.05) is 13.7 Å². The number of ether oxygens (including phenoxy) is 2. The molecule has 0 N–H and O–H groups in total. The van der Waals surface area contributed by atoms with Gasteiger partial charge < -0.3 is 14.0 Å². The summed E-state index contributed by atoms with van der Waals surface area (Å²) in [5.41, 5.74) is 6.61. The minimum absolute atomic E-state index is 0.118. The summed E-state index contributed by atoms with van der Waals surface area (Å²) in [6.07, 6.45) is 2.65. The van der Waals surface area contributed by atoms with E-state index in [9.17, 15) is 9.59 Å². The van der Waals surface area contributed by atoms with E-state index in [1.54, 1.807) is 7.11 Å². The van der Waals surface area contributed by atoms with Crippen molar-refractivity contribution < 1.29 is 19.1 Å². The van der Waals surface area contributed by atoms with Crippen LogP contribution in [0.25, 0.3) is 16.6 Å². The number of para-hydroxylation sites is 1. The number of nitrogens with zero attached hydrogens (tertiary/aromatic N) is 2. The predicted octanol–water partition coefficient (Wildman–Crippen LogP) is 6.84. The van der Waals surface area contributed by atoms with E-state index in [-0.39, 0.29) is 17.8 Å². The Kier molecular flexibility index (Phi) is 7.06. The number of ketones is 1. The number of Topliss-reactive ketones (excluding diaryl/α,β-unsaturated/α-hetero) is 1. The predicted molar refractivity (Wildman–Crippen MR) is 153 cm³/mol. The van der Waals surface area contributed by atoms with Crippen LogP contribution in [0.2, 0.25) is 0 Å². The Morgan fingerprint density at radius 1 is 1.05 bits per heavy atom. The Balaban J connectivity index is 1.42. The minimum atomic E-state index is -0.461. The van der Waals surface area contributed by atoms with Gasteiger partial charge in [-0.2, -0.15) is 0 Å². The van der Waals surface area contributed by atoms with Gasteiger partial charge in [0.2, 0.25) is 5.78 Å². The van der Waals surface area contributed by atoms with Crippen molar-refractivity contribution >= 4 is 22.7 Å². The molecule has 1 aliphatic carbocycles. The average Bonchev–Trinajstić information content (AvgIpc) is 3.22. The summed E-state index contributed by atoms with van der Waals surface area (Å²) in [5, 5.41) is 0.779. The number of methoxy groups -OCH3 is 1. The molecule has 1 aliphatic rings. The number of aromatic nitrogens is 2. The highest BCUT2D eigenvalue weighted by molar-refractivity contribution is 6.06. The van der Waals surface area contributed by atoms with Gasteiger partial charge in [-0.05, 0) is 86.4 Å². The first-order valence-corrected chi connectivity index (χ1v) is 13.5. The number of pyridine rings is 1. The number of hydrogen-bond acceptors (Lipinski definition) is 5. The molecule has 2 aromatic carbocycles. The molecule has 2 aromatic heterocycles. The van der Waals surface area contributed by atoms with Crippen molar-refractivity contribution in [3.63, 3.8) is 0 Å². The van der Waals surface area contributed by atoms with Crippen molar-refractivity contribution in [3.8, 4) is 11.4 Å². The lowest BCUT2D eigenvalue weighted by Gasteiger charge is -2.35. The number of fused-ring (bicyclic) bond motifs is 2. The molecular weight excluding hydrogens is 488 g/mol. The normalized spacial score (nSPS) is 15.2. The van der Waals surface area contributed by atoms with E-state index in [2.05, 4.69) is 20.8 Å². The highest BCUT2D eigenvalue weighted by Gasteiger charge is 2.33. The minimum Gasteiger partial charge on any atom is -0.497 e. The molecule has 6 nitrogen and oxygen atoms in total. The van der Waals surface area contributed by atoms with Gasteiger partial charge >= 0.3 is 5.97 Å². The Labute approximate surface area is 230 Å². The highest BCUT2D eigenvalue weighted by atomic mass is 16.5. The fourth-order valence-electron chi connectivity index (χ4n) is 5.82. The lowest BCUT2D eigenvalue weighted by Crippen LogP contribution is -2.29. The molecule has 0 bridgehead atoms. The van der Waals surface area contributed by atoms with Crippen molar-refractivity contribution in [1.82, 2.24) is 9.55 Å². The third kappa shape index (κ3) is 5.08. The summed E-state index contributed by atoms with van der Waals surface area (Å²) < 4.78 is 13.0. The maximum atomic E-state index is 13.6. The molecule has 0 aliphatic heterocycles. The van der Waals surface area contributed by atoms with Crippen LogP contribution >= 0.6 is 0 Å². The van der Waals surface area contributed by atoms with E-state index in [0.717, 1.165) is 64.2 Å². The molecule has 6 heteroatoms. The van der Waals surface area contributed by atoms with Crippen molar-refractivity contribution in [3.05, 3.63) is 88.4 Å². The molecule has 0 amide bonds. The summed E-state index contributed by atoms with van der Waals surface area (Å²) in [6, 6.07) is 17.2. The van der Waals surface area contributed by atoms with Gasteiger partial charge in [0.1, 0.15) is 5.75 Å². The number of benzene rings is 2. The quantitative estimate of drug-likeness (QED) is 0.204. The van der Waals surface area contributed by atoms with Gasteiger partial charge in [-0.1, -0.05) is 39.0 Å². The van der Waals surface area contributed by atoms with Crippen molar-refractivity contribution in [2.45, 2.75) is 53.9 Å². The second-order valence-electron chi connectivity index (χ2n) is 11.6. The van der Waals surface area contributed by atoms with Gasteiger partial charge in [0.05, 0.1) is 18.2 Å². The zero-order chi connectivity index (χ0) is 27.9. The van der Waals surface area contributed by atoms with Gasteiger partial charge in [0.25, 0.3) is 0 Å². The molecule has 0 saturated heterocycles. The maximum absolute atomic E-state index is 13.6. The van der Waals surface area contributed by atoms with Gasteiger partial charge in [0.15, 0.2) is 6.61 Å². The molecule has 202 valence electrons. The largest absolute Gasteiger partial charge is 0.497 e. The number of aryl methyl sites for hydroxylation is 2. The van der Waals surface area contributed by atoms with E-state index in [0.29, 0.717) is 17.0 Å². The first-order chi connectivity index (χ1) is 18.6. The molecule has 0 radical (unpaired) electrons. The van der Waals surface area contributed by atoms with Crippen LogP contribution in [-0.2, 0) is 17.6 Å². The smallest absolute Gasteiger partial charge is 0.339 e. The standard InChI is InChI=1S/C33H36N2O4/c1-20-17-26(21(2)35(20)23-12-14-24(38-6)15-13-23)30(36)19-39-32(37)31-25-9-7-8-10-28(25)34-29-16-11-22(18-27(29)31)33(3,4)5/h7-10,12-15,17,22H,11,16,18-19H2,1-6H3/t22-/m0/s1. The highest BCUT2D eigenvalue weighted by Crippen LogP contribution is 2.39. The third-order valence-corrected chi connectivity index (χ3v) is 8.08. The third-order valence-electron chi connectivity index (χ3n) is 8.08. The Morgan fingerprint density at radius 3 is 2.46 bits per heavy atom. The number of rotatable bonds is 6. The maximum Gasteiger partial charge on any atom is 0.339 e. The van der Waals surface area contributed by atoms with Gasteiger partial charge in [-0.15, -0.1) is 0 Å². The van der Waals surface area contributed by atoms with E-state index in [1.165, 1.54) is 0 Å². The summed E-state index contributed by atoms with van der Waals surface area (Å²) in [6.45, 7) is 10.3. The number of esters is 1. The first-order valence-electron chi connectivity index (χ1n) is 13.5. The number of hydrogen-bond donors (Lipinski definition) is 0. The van der Waals surface area contributed by atoms with Crippen LogP contribution in [0.5, 0.6) is 5.75 Å². The summed E-state index contributed by atoms with van der Waals surface area (Å²) in [4.78, 5) is 31.9. The van der Waals surface area contributed by atoms with Crippen LogP contribution in [0.4, 0.5) is 0 Å². The van der Waals surface area contributed by atoms with Crippen LogP contribution in [0.15, 0.2) is 54.6 Å². The molecule has 2 heterocycles. The molecule has 1 atom stereocenters. The van der Waals surface area contributed by atoms with Crippen LogP contribution in [0, 0.1) is 25.2 Å². The topological polar surface area (TPSA) is 70.4 Å². The fourth-order valence-corrected chi connectivity index (χ4v) is 5.82. The zero-order valence-electron chi connectivity index (χ0n) is 23.6. The lowest BCUT2D eigenvalue weighted by molar-refractivity contribution is 0.0474. The van der Waals surface area contributed by atoms with E-state index in [4.69, 9.17) is 14.5 Å². The SMILES string of the molecule is COc1ccc(-n2c(C)cc(C(=O)COC(=O)c3c4c(nc5ccccc35)CC[C@H](C(C)(C)C)C4)c2C)cc1. The fraction of sp³-hybridized carbons (Fsp3) is 0.364. The van der Waals surface area contributed by atoms with Crippen LogP contribution in [-0.4, -0.2) is 35.0 Å². The summed E-state index contributed by atoms with van der Waals surface area (Å²) >= 11 is 0. The molecule has 4 aromatic rings. The molecule has 0 spiro atoms. The number of carbonyl (C=O) groups is 2. The molecule has 5 rings (SSSR count). The van der Waals surface area contributed by atoms with Crippen LogP contribution < -0.4 is 4.74 Å². The summed E-state index contributed by atoms with van der Waals surface area (Å²) in [5.74, 6) is 0.515. The van der Waals surface area contributed by atoms with E-state index >= 15 is 0 Å². The molecule has 0 saturated carbocycles. The molecular formula is C33H36N2O4. The van der Waals surface area contributed by atoms with Gasteiger partial charge in [-0.25, -0.2) is 4.79 Å². The van der Waals surface area contributed by atoms with E-state index in [1.807, 2.05) is 73.0 Å². The van der Waals surface area contributed by atoms with Crippen LogP contribution in [0.3, 0.4) is 0 Å². The number of carbonyl (C=O) groups excluding carboxylic acids is 2. The lowest BCUT2D eigenvalue weighted by atomic mass is 9.70. The molecule has 39 heavy (non-hydrogen) atoms. The Bertz CT molecular complexity index is 1560. The van der Waals surface area contributed by atoms with Crippen molar-refractivity contribution in [1.29, 1.82) is 0 Å². The average molecular weight is 525 g/mol. The monoisotopic (exact) mass is 524 g/mol. The first kappa shape index (κ1) is 26.7. The second kappa shape index (κ2) is 10.3. The summed E-state index contributed by atoms with van der Waals surface area (Å²) in [7, 11) is 1.63. The van der Waals surface area contributed by atoms with Crippen LogP contribution in [0.1, 0.15) is 70.6 Å². The Morgan fingerprint density at radius 2 is 1.77 bits per heavy atom.